The molecule has 1 amide bonds. The van der Waals surface area contributed by atoms with Gasteiger partial charge in [-0.2, -0.15) is 0 Å². The molecule has 0 radical (unpaired) electrons. The average molecular weight is 397 g/mol. The molecule has 0 saturated heterocycles. The molecule has 0 bridgehead atoms. The Hall–Kier alpha value is -3.64. The third-order valence-corrected chi connectivity index (χ3v) is 5.44. The van der Waals surface area contributed by atoms with Crippen molar-refractivity contribution < 1.29 is 22.7 Å². The molecule has 0 saturated carbocycles. The summed E-state index contributed by atoms with van der Waals surface area (Å²) < 4.78 is 32.2. The van der Waals surface area contributed by atoms with Crippen LogP contribution in [-0.2, 0) is 19.6 Å². The van der Waals surface area contributed by atoms with Crippen molar-refractivity contribution in [2.24, 2.45) is 0 Å². The lowest BCUT2D eigenvalue weighted by Gasteiger charge is -2.10. The van der Waals surface area contributed by atoms with Gasteiger partial charge in [0.15, 0.2) is 6.61 Å². The van der Waals surface area contributed by atoms with Gasteiger partial charge in [0.1, 0.15) is 5.52 Å². The van der Waals surface area contributed by atoms with E-state index in [0.29, 0.717) is 0 Å². The van der Waals surface area contributed by atoms with Crippen LogP contribution in [0.1, 0.15) is 17.3 Å². The van der Waals surface area contributed by atoms with E-state index < -0.39 is 21.9 Å². The molecule has 1 aromatic heterocycles. The second-order valence-electron chi connectivity index (χ2n) is 5.65. The van der Waals surface area contributed by atoms with Crippen molar-refractivity contribution in [3.8, 4) is 12.3 Å². The van der Waals surface area contributed by atoms with Crippen molar-refractivity contribution in [3.63, 3.8) is 0 Å². The Kier molecular flexibility index (Phi) is 5.15. The number of nitrogens with one attached hydrogen (secondary N) is 1. The maximum atomic E-state index is 13.2. The number of imidazole rings is 1. The maximum Gasteiger partial charge on any atom is 0.341 e. The number of carbonyl (C=O) groups is 2. The monoisotopic (exact) mass is 397 g/mol. The minimum absolute atomic E-state index is 0.00112. The summed E-state index contributed by atoms with van der Waals surface area (Å²) in [7, 11) is -4.10. The zero-order valence-corrected chi connectivity index (χ0v) is 15.6. The minimum Gasteiger partial charge on any atom is -0.449 e. The van der Waals surface area contributed by atoms with Gasteiger partial charge in [-0.1, -0.05) is 30.2 Å². The Bertz CT molecular complexity index is 1210. The normalized spacial score (nSPS) is 11.0. The summed E-state index contributed by atoms with van der Waals surface area (Å²) in [4.78, 5) is 28.0. The SMILES string of the molecule is C#CCOC(=O)c1cccc2c1nc(NC(C)=O)n2S(=O)(=O)c1ccccc1. The van der Waals surface area contributed by atoms with Crippen molar-refractivity contribution in [2.75, 3.05) is 11.9 Å². The molecule has 2 aromatic carbocycles. The summed E-state index contributed by atoms with van der Waals surface area (Å²) in [5, 5.41) is 2.40. The Morgan fingerprint density at radius 2 is 1.89 bits per heavy atom. The molecule has 0 unspecified atom stereocenters. The van der Waals surface area contributed by atoms with Crippen LogP contribution in [0, 0.1) is 12.3 Å². The molecule has 1 heterocycles. The third-order valence-electron chi connectivity index (χ3n) is 3.72. The van der Waals surface area contributed by atoms with E-state index in [4.69, 9.17) is 11.2 Å². The Morgan fingerprint density at radius 3 is 2.54 bits per heavy atom. The van der Waals surface area contributed by atoms with Crippen molar-refractivity contribution in [1.82, 2.24) is 8.96 Å². The van der Waals surface area contributed by atoms with Gasteiger partial charge in [-0.25, -0.2) is 22.2 Å². The van der Waals surface area contributed by atoms with Crippen LogP contribution in [-0.4, -0.2) is 35.9 Å². The molecule has 28 heavy (non-hydrogen) atoms. The molecular formula is C19H15N3O5S. The van der Waals surface area contributed by atoms with Crippen LogP contribution < -0.4 is 5.32 Å². The number of para-hydroxylation sites is 1. The van der Waals surface area contributed by atoms with Gasteiger partial charge in [0.2, 0.25) is 11.9 Å². The Labute approximate surface area is 161 Å². The van der Waals surface area contributed by atoms with Gasteiger partial charge in [-0.15, -0.1) is 6.42 Å². The van der Waals surface area contributed by atoms with Crippen LogP contribution in [0.2, 0.25) is 0 Å². The summed E-state index contributed by atoms with van der Waals surface area (Å²) in [5.41, 5.74) is 0.205. The van der Waals surface area contributed by atoms with Gasteiger partial charge < -0.3 is 4.74 Å². The summed E-state index contributed by atoms with van der Waals surface area (Å²) in [6, 6.07) is 12.1. The van der Waals surface area contributed by atoms with Crippen molar-refractivity contribution in [2.45, 2.75) is 11.8 Å². The standard InChI is InChI=1S/C19H15N3O5S/c1-3-12-27-18(24)15-10-7-11-16-17(15)21-19(20-13(2)23)22(16)28(25,26)14-8-5-4-6-9-14/h1,4-11H,12H2,2H3,(H,20,21,23). The molecule has 0 spiro atoms. The quantitative estimate of drug-likeness (QED) is 0.521. The summed E-state index contributed by atoms with van der Waals surface area (Å²) in [5.74, 6) is 0.683. The number of esters is 1. The van der Waals surface area contributed by atoms with Crippen LogP contribution in [0.3, 0.4) is 0 Å². The molecule has 0 aliphatic carbocycles. The fourth-order valence-corrected chi connectivity index (χ4v) is 4.04. The third kappa shape index (κ3) is 3.45. The Morgan fingerprint density at radius 1 is 1.18 bits per heavy atom. The number of benzene rings is 2. The van der Waals surface area contributed by atoms with Gasteiger partial charge in [0, 0.05) is 6.92 Å². The fraction of sp³-hybridized carbons (Fsp3) is 0.105. The fourth-order valence-electron chi connectivity index (χ4n) is 2.61. The number of fused-ring (bicyclic) bond motifs is 1. The van der Waals surface area contributed by atoms with Crippen LogP contribution in [0.25, 0.3) is 11.0 Å². The molecular weight excluding hydrogens is 382 g/mol. The van der Waals surface area contributed by atoms with Gasteiger partial charge in [-0.3, -0.25) is 10.1 Å². The van der Waals surface area contributed by atoms with Crippen LogP contribution in [0.4, 0.5) is 5.95 Å². The first-order valence-electron chi connectivity index (χ1n) is 8.06. The van der Waals surface area contributed by atoms with E-state index in [1.54, 1.807) is 18.2 Å². The maximum absolute atomic E-state index is 13.2. The second-order valence-corrected chi connectivity index (χ2v) is 7.44. The molecule has 0 aliphatic rings. The van der Waals surface area contributed by atoms with Gasteiger partial charge in [0.05, 0.1) is 16.0 Å². The first-order chi connectivity index (χ1) is 13.4. The number of ether oxygens (including phenoxy) is 1. The highest BCUT2D eigenvalue weighted by Gasteiger charge is 2.27. The van der Waals surface area contributed by atoms with E-state index in [1.807, 2.05) is 0 Å². The smallest absolute Gasteiger partial charge is 0.341 e. The number of hydrogen-bond donors (Lipinski definition) is 1. The number of nitrogens with zero attached hydrogens (tertiary/aromatic N) is 2. The number of terminal acetylenes is 1. The van der Waals surface area contributed by atoms with E-state index >= 15 is 0 Å². The lowest BCUT2D eigenvalue weighted by Crippen LogP contribution is -2.18. The highest BCUT2D eigenvalue weighted by Crippen LogP contribution is 2.28. The Balaban J connectivity index is 2.28. The summed E-state index contributed by atoms with van der Waals surface area (Å²) in [6.45, 7) is 0.984. The number of anilines is 1. The number of amides is 1. The first kappa shape index (κ1) is 19.1. The lowest BCUT2D eigenvalue weighted by molar-refractivity contribution is -0.114. The van der Waals surface area contributed by atoms with Gasteiger partial charge >= 0.3 is 5.97 Å². The molecule has 0 fully saturated rings. The molecule has 3 rings (SSSR count). The number of rotatable bonds is 5. The van der Waals surface area contributed by atoms with Crippen molar-refractivity contribution in [1.29, 1.82) is 0 Å². The van der Waals surface area contributed by atoms with E-state index in [2.05, 4.69) is 16.2 Å². The summed E-state index contributed by atoms with van der Waals surface area (Å²) in [6.07, 6.45) is 5.10. The van der Waals surface area contributed by atoms with Crippen LogP contribution in [0.15, 0.2) is 53.4 Å². The minimum atomic E-state index is -4.10. The topological polar surface area (TPSA) is 107 Å². The van der Waals surface area contributed by atoms with Crippen LogP contribution in [0.5, 0.6) is 0 Å². The number of hydrogen-bond acceptors (Lipinski definition) is 6. The number of carbonyl (C=O) groups excluding carboxylic acids is 2. The molecule has 8 nitrogen and oxygen atoms in total. The molecule has 142 valence electrons. The molecule has 9 heteroatoms. The van der Waals surface area contributed by atoms with E-state index in [9.17, 15) is 18.0 Å². The zero-order chi connectivity index (χ0) is 20.3. The molecule has 0 atom stereocenters. The van der Waals surface area contributed by atoms with Crippen molar-refractivity contribution in [3.05, 3.63) is 54.1 Å². The lowest BCUT2D eigenvalue weighted by atomic mass is 10.2. The molecule has 1 N–H and O–H groups in total. The average Bonchev–Trinajstić information content (AvgIpc) is 3.04. The zero-order valence-electron chi connectivity index (χ0n) is 14.7. The summed E-state index contributed by atoms with van der Waals surface area (Å²) >= 11 is 0. The predicted octanol–water partition coefficient (Wildman–Crippen LogP) is 2.02. The highest BCUT2D eigenvalue weighted by atomic mass is 32.2. The highest BCUT2D eigenvalue weighted by molar-refractivity contribution is 7.90. The van der Waals surface area contributed by atoms with E-state index in [0.717, 1.165) is 3.97 Å². The first-order valence-corrected chi connectivity index (χ1v) is 9.50. The molecule has 0 aliphatic heterocycles. The van der Waals surface area contributed by atoms with E-state index in [-0.39, 0.29) is 34.0 Å². The van der Waals surface area contributed by atoms with Gasteiger partial charge in [0.25, 0.3) is 10.0 Å². The van der Waals surface area contributed by atoms with E-state index in [1.165, 1.54) is 37.3 Å². The van der Waals surface area contributed by atoms with Crippen LogP contribution >= 0.6 is 0 Å². The number of aromatic nitrogens is 2. The predicted molar refractivity (Wildman–Crippen MR) is 102 cm³/mol. The molecule has 3 aromatic rings. The van der Waals surface area contributed by atoms with Gasteiger partial charge in [-0.05, 0) is 24.3 Å². The largest absolute Gasteiger partial charge is 0.449 e. The second kappa shape index (κ2) is 7.54. The van der Waals surface area contributed by atoms with Crippen molar-refractivity contribution >= 4 is 38.9 Å².